The zero-order valence-corrected chi connectivity index (χ0v) is 4.41. The molecule has 1 heteroatoms. The van der Waals surface area contributed by atoms with Gasteiger partial charge in [0.2, 0.25) is 0 Å². The molecule has 1 aliphatic carbocycles. The maximum Gasteiger partial charge on any atom is 0.0186 e. The van der Waals surface area contributed by atoms with Gasteiger partial charge in [-0.1, -0.05) is 0 Å². The quantitative estimate of drug-likeness (QED) is 0.468. The fraction of sp³-hybridized carbons (Fsp3) is 0.833. The first-order valence-corrected chi connectivity index (χ1v) is 2.98. The van der Waals surface area contributed by atoms with E-state index < -0.39 is 0 Å². The van der Waals surface area contributed by atoms with E-state index in [1.807, 2.05) is 0 Å². The first-order chi connectivity index (χ1) is 3.41. The molecule has 1 nitrogen and oxygen atoms in total. The maximum atomic E-state index is 3.45. The van der Waals surface area contributed by atoms with Gasteiger partial charge in [0.1, 0.15) is 0 Å². The molecule has 2 fully saturated rings. The van der Waals surface area contributed by atoms with Crippen molar-refractivity contribution < 1.29 is 0 Å². The molecule has 39 valence electrons. The Balaban J connectivity index is 2.07. The van der Waals surface area contributed by atoms with Crippen LogP contribution in [0, 0.1) is 6.42 Å². The summed E-state index contributed by atoms with van der Waals surface area (Å²) in [6.07, 6.45) is 6.51. The van der Waals surface area contributed by atoms with Crippen molar-refractivity contribution in [3.05, 3.63) is 6.42 Å². The second-order valence-electron chi connectivity index (χ2n) is 2.65. The van der Waals surface area contributed by atoms with Crippen molar-refractivity contribution in [1.29, 1.82) is 0 Å². The van der Waals surface area contributed by atoms with Crippen LogP contribution in [0.25, 0.3) is 0 Å². The topological polar surface area (TPSA) is 12.0 Å². The smallest absolute Gasteiger partial charge is 0.0186 e. The minimum Gasteiger partial charge on any atom is -0.311 e. The molecule has 2 rings (SSSR count). The zero-order valence-electron chi connectivity index (χ0n) is 4.41. The van der Waals surface area contributed by atoms with Gasteiger partial charge in [-0.25, -0.2) is 0 Å². The maximum absolute atomic E-state index is 3.45. The van der Waals surface area contributed by atoms with Gasteiger partial charge in [0.25, 0.3) is 0 Å². The summed E-state index contributed by atoms with van der Waals surface area (Å²) in [4.78, 5) is 0. The molecule has 1 aliphatic heterocycles. The highest BCUT2D eigenvalue weighted by molar-refractivity contribution is 5.10. The molecular weight excluding hydrogens is 86.1 g/mol. The predicted octanol–water partition coefficient (Wildman–Crippen LogP) is 0.717. The Morgan fingerprint density at radius 1 is 1.43 bits per heavy atom. The Bertz CT molecular complexity index is 76.2. The van der Waals surface area contributed by atoms with E-state index in [4.69, 9.17) is 0 Å². The normalized spacial score (nSPS) is 34.3. The second-order valence-corrected chi connectivity index (χ2v) is 2.65. The molecule has 2 aliphatic rings. The molecule has 0 aromatic carbocycles. The molecule has 0 aromatic heterocycles. The molecule has 1 spiro atoms. The zero-order chi connectivity index (χ0) is 4.74. The molecule has 1 heterocycles. The number of hydrogen-bond acceptors (Lipinski definition) is 1. The van der Waals surface area contributed by atoms with Crippen molar-refractivity contribution in [3.8, 4) is 0 Å². The summed E-state index contributed by atoms with van der Waals surface area (Å²) in [7, 11) is 0. The molecule has 0 atom stereocenters. The lowest BCUT2D eigenvalue weighted by atomic mass is 10.2. The van der Waals surface area contributed by atoms with Gasteiger partial charge in [-0.05, 0) is 32.2 Å². The van der Waals surface area contributed by atoms with E-state index in [1.165, 1.54) is 19.3 Å². The lowest BCUT2D eigenvalue weighted by molar-refractivity contribution is 0.604. The van der Waals surface area contributed by atoms with Gasteiger partial charge in [0, 0.05) is 5.54 Å². The molecule has 0 aromatic rings. The first-order valence-electron chi connectivity index (χ1n) is 2.98. The second kappa shape index (κ2) is 1.03. The van der Waals surface area contributed by atoms with Crippen LogP contribution in [0.15, 0.2) is 0 Å². The Labute approximate surface area is 44.1 Å². The minimum atomic E-state index is 0.639. The molecule has 0 amide bonds. The lowest BCUT2D eigenvalue weighted by Gasteiger charge is -2.01. The van der Waals surface area contributed by atoms with Gasteiger partial charge >= 0.3 is 0 Å². The van der Waals surface area contributed by atoms with Gasteiger partial charge in [-0.3, -0.25) is 0 Å². The SMILES string of the molecule is [CH]1CNC2(C1)CC2. The summed E-state index contributed by atoms with van der Waals surface area (Å²) in [5.74, 6) is 0. The highest BCUT2D eigenvalue weighted by Crippen LogP contribution is 2.41. The largest absolute Gasteiger partial charge is 0.311 e. The summed E-state index contributed by atoms with van der Waals surface area (Å²) in [6.45, 7) is 1.15. The van der Waals surface area contributed by atoms with Gasteiger partial charge in [-0.2, -0.15) is 0 Å². The molecule has 1 N–H and O–H groups in total. The highest BCUT2D eigenvalue weighted by atomic mass is 15.0. The number of rotatable bonds is 0. The number of nitrogens with one attached hydrogen (secondary N) is 1. The summed E-state index contributed by atoms with van der Waals surface area (Å²) in [5.41, 5.74) is 0.639. The molecular formula is C6H10N. The van der Waals surface area contributed by atoms with Crippen LogP contribution >= 0.6 is 0 Å². The van der Waals surface area contributed by atoms with E-state index in [-0.39, 0.29) is 0 Å². The third-order valence-electron chi connectivity index (χ3n) is 2.01. The fourth-order valence-corrected chi connectivity index (χ4v) is 1.24. The average Bonchev–Trinajstić information content (AvgIpc) is 2.15. The van der Waals surface area contributed by atoms with Crippen LogP contribution in [0.5, 0.6) is 0 Å². The summed E-state index contributed by atoms with van der Waals surface area (Å²) < 4.78 is 0. The summed E-state index contributed by atoms with van der Waals surface area (Å²) in [6, 6.07) is 0. The van der Waals surface area contributed by atoms with Crippen molar-refractivity contribution in [3.63, 3.8) is 0 Å². The van der Waals surface area contributed by atoms with E-state index in [0.717, 1.165) is 6.54 Å². The minimum absolute atomic E-state index is 0.639. The fourth-order valence-electron chi connectivity index (χ4n) is 1.24. The van der Waals surface area contributed by atoms with Crippen molar-refractivity contribution in [2.75, 3.05) is 6.54 Å². The predicted molar refractivity (Wildman–Crippen MR) is 28.9 cm³/mol. The highest BCUT2D eigenvalue weighted by Gasteiger charge is 2.44. The standard InChI is InChI=1S/C6H10N/c1-2-6(3-4-6)7-5-1/h1,7H,2-5H2. The molecule has 1 radical (unpaired) electrons. The van der Waals surface area contributed by atoms with E-state index in [0.29, 0.717) is 5.54 Å². The van der Waals surface area contributed by atoms with Crippen LogP contribution in [-0.4, -0.2) is 12.1 Å². The average molecular weight is 96.2 g/mol. The summed E-state index contributed by atoms with van der Waals surface area (Å²) >= 11 is 0. The van der Waals surface area contributed by atoms with Crippen LogP contribution in [0.4, 0.5) is 0 Å². The van der Waals surface area contributed by atoms with Crippen LogP contribution in [0.3, 0.4) is 0 Å². The Morgan fingerprint density at radius 2 is 2.29 bits per heavy atom. The van der Waals surface area contributed by atoms with Crippen LogP contribution in [0.1, 0.15) is 19.3 Å². The van der Waals surface area contributed by atoms with Crippen molar-refractivity contribution in [1.82, 2.24) is 5.32 Å². The van der Waals surface area contributed by atoms with Gasteiger partial charge in [0.15, 0.2) is 0 Å². The molecule has 7 heavy (non-hydrogen) atoms. The lowest BCUT2D eigenvalue weighted by Crippen LogP contribution is -2.22. The van der Waals surface area contributed by atoms with Crippen LogP contribution < -0.4 is 5.32 Å². The van der Waals surface area contributed by atoms with Crippen LogP contribution in [-0.2, 0) is 0 Å². The van der Waals surface area contributed by atoms with E-state index in [1.54, 1.807) is 0 Å². The van der Waals surface area contributed by atoms with Crippen molar-refractivity contribution in [2.45, 2.75) is 24.8 Å². The molecule has 0 bridgehead atoms. The monoisotopic (exact) mass is 96.1 g/mol. The van der Waals surface area contributed by atoms with Gasteiger partial charge < -0.3 is 5.32 Å². The Hall–Kier alpha value is -0.0400. The third kappa shape index (κ3) is 0.480. The van der Waals surface area contributed by atoms with Crippen molar-refractivity contribution in [2.24, 2.45) is 0 Å². The van der Waals surface area contributed by atoms with Crippen LogP contribution in [0.2, 0.25) is 0 Å². The summed E-state index contributed by atoms with van der Waals surface area (Å²) in [5, 5.41) is 3.45. The van der Waals surface area contributed by atoms with Gasteiger partial charge in [0.05, 0.1) is 0 Å². The molecule has 0 unspecified atom stereocenters. The first kappa shape index (κ1) is 3.90. The Morgan fingerprint density at radius 3 is 2.57 bits per heavy atom. The van der Waals surface area contributed by atoms with E-state index >= 15 is 0 Å². The number of hydrogen-bond donors (Lipinski definition) is 1. The van der Waals surface area contributed by atoms with Crippen molar-refractivity contribution >= 4 is 0 Å². The molecule has 1 saturated heterocycles. The molecule has 1 saturated carbocycles. The van der Waals surface area contributed by atoms with E-state index in [2.05, 4.69) is 11.7 Å². The van der Waals surface area contributed by atoms with Gasteiger partial charge in [-0.15, -0.1) is 0 Å². The third-order valence-corrected chi connectivity index (χ3v) is 2.01. The Kier molecular flexibility index (Phi) is 0.571. The van der Waals surface area contributed by atoms with E-state index in [9.17, 15) is 0 Å².